The van der Waals surface area contributed by atoms with Crippen molar-refractivity contribution in [2.75, 3.05) is 0 Å². The monoisotopic (exact) mass is 276 g/mol. The topological polar surface area (TPSA) is 0 Å². The molecule has 4 saturated carbocycles. The SMILES string of the molecule is CCCCC12CCC(C3CCC(CC)CC3)(CC1)CC2. The first-order chi connectivity index (χ1) is 9.72. The lowest BCUT2D eigenvalue weighted by Gasteiger charge is -2.58. The Morgan fingerprint density at radius 1 is 0.800 bits per heavy atom. The van der Waals surface area contributed by atoms with Gasteiger partial charge in [-0.15, -0.1) is 0 Å². The molecular formula is C20H36. The van der Waals surface area contributed by atoms with Crippen molar-refractivity contribution in [3.63, 3.8) is 0 Å². The molecule has 4 aliphatic carbocycles. The molecule has 0 spiro atoms. The summed E-state index contributed by atoms with van der Waals surface area (Å²) in [6.07, 6.45) is 21.6. The van der Waals surface area contributed by atoms with Crippen molar-refractivity contribution in [1.29, 1.82) is 0 Å². The fraction of sp³-hybridized carbons (Fsp3) is 1.00. The van der Waals surface area contributed by atoms with Gasteiger partial charge in [0.15, 0.2) is 0 Å². The summed E-state index contributed by atoms with van der Waals surface area (Å²) in [6, 6.07) is 0. The molecule has 0 radical (unpaired) electrons. The lowest BCUT2D eigenvalue weighted by molar-refractivity contribution is -0.0651. The molecule has 0 heterocycles. The molecule has 0 amide bonds. The second-order valence-corrected chi connectivity index (χ2v) is 8.59. The first-order valence-corrected chi connectivity index (χ1v) is 9.72. The summed E-state index contributed by atoms with van der Waals surface area (Å²) in [4.78, 5) is 0. The molecule has 0 atom stereocenters. The van der Waals surface area contributed by atoms with Crippen molar-refractivity contribution in [3.05, 3.63) is 0 Å². The van der Waals surface area contributed by atoms with Crippen LogP contribution in [0.2, 0.25) is 0 Å². The molecule has 0 aliphatic heterocycles. The molecule has 0 nitrogen and oxygen atoms in total. The van der Waals surface area contributed by atoms with Crippen molar-refractivity contribution < 1.29 is 0 Å². The summed E-state index contributed by atoms with van der Waals surface area (Å²) in [7, 11) is 0. The number of hydrogen-bond acceptors (Lipinski definition) is 0. The second-order valence-electron chi connectivity index (χ2n) is 8.59. The lowest BCUT2D eigenvalue weighted by atomic mass is 9.47. The summed E-state index contributed by atoms with van der Waals surface area (Å²) in [6.45, 7) is 4.76. The zero-order valence-corrected chi connectivity index (χ0v) is 14.1. The van der Waals surface area contributed by atoms with Crippen molar-refractivity contribution in [1.82, 2.24) is 0 Å². The molecular weight excluding hydrogens is 240 g/mol. The van der Waals surface area contributed by atoms with Gasteiger partial charge in [0.1, 0.15) is 0 Å². The van der Waals surface area contributed by atoms with Gasteiger partial charge in [0.05, 0.1) is 0 Å². The van der Waals surface area contributed by atoms with Crippen LogP contribution in [0.25, 0.3) is 0 Å². The van der Waals surface area contributed by atoms with Crippen LogP contribution in [0.4, 0.5) is 0 Å². The molecule has 0 aromatic heterocycles. The highest BCUT2D eigenvalue weighted by molar-refractivity contribution is 5.02. The van der Waals surface area contributed by atoms with E-state index in [1.807, 2.05) is 0 Å². The Hall–Kier alpha value is 0. The highest BCUT2D eigenvalue weighted by Crippen LogP contribution is 2.63. The van der Waals surface area contributed by atoms with Crippen LogP contribution >= 0.6 is 0 Å². The number of fused-ring (bicyclic) bond motifs is 3. The van der Waals surface area contributed by atoms with E-state index in [4.69, 9.17) is 0 Å². The second kappa shape index (κ2) is 6.01. The summed E-state index contributed by atoms with van der Waals surface area (Å²) >= 11 is 0. The lowest BCUT2D eigenvalue weighted by Crippen LogP contribution is -2.46. The van der Waals surface area contributed by atoms with Gasteiger partial charge >= 0.3 is 0 Å². The van der Waals surface area contributed by atoms with E-state index >= 15 is 0 Å². The van der Waals surface area contributed by atoms with E-state index in [1.54, 1.807) is 70.6 Å². The Balaban J connectivity index is 1.58. The van der Waals surface area contributed by atoms with Crippen LogP contribution in [-0.4, -0.2) is 0 Å². The van der Waals surface area contributed by atoms with Crippen LogP contribution in [0.3, 0.4) is 0 Å². The van der Waals surface area contributed by atoms with Gasteiger partial charge in [-0.25, -0.2) is 0 Å². The van der Waals surface area contributed by atoms with Crippen molar-refractivity contribution in [3.8, 4) is 0 Å². The molecule has 116 valence electrons. The molecule has 0 aromatic carbocycles. The fourth-order valence-corrected chi connectivity index (χ4v) is 6.01. The van der Waals surface area contributed by atoms with Crippen LogP contribution in [0.15, 0.2) is 0 Å². The quantitative estimate of drug-likeness (QED) is 0.522. The largest absolute Gasteiger partial charge is 0.0654 e. The Morgan fingerprint density at radius 2 is 1.40 bits per heavy atom. The van der Waals surface area contributed by atoms with Gasteiger partial charge in [0.2, 0.25) is 0 Å². The number of hydrogen-bond donors (Lipinski definition) is 0. The minimum Gasteiger partial charge on any atom is -0.0654 e. The smallest absolute Gasteiger partial charge is 0.0269 e. The van der Waals surface area contributed by atoms with Gasteiger partial charge in [0.25, 0.3) is 0 Å². The maximum absolute atomic E-state index is 2.40. The highest BCUT2D eigenvalue weighted by Gasteiger charge is 2.51. The Kier molecular flexibility index (Phi) is 4.48. The van der Waals surface area contributed by atoms with E-state index in [1.165, 1.54) is 19.3 Å². The number of rotatable bonds is 5. The molecule has 4 rings (SSSR count). The zero-order valence-electron chi connectivity index (χ0n) is 14.1. The minimum absolute atomic E-state index is 0.804. The van der Waals surface area contributed by atoms with E-state index in [9.17, 15) is 0 Å². The maximum atomic E-state index is 2.40. The van der Waals surface area contributed by atoms with E-state index < -0.39 is 0 Å². The molecule has 20 heavy (non-hydrogen) atoms. The van der Waals surface area contributed by atoms with Crippen LogP contribution < -0.4 is 0 Å². The molecule has 0 saturated heterocycles. The zero-order chi connectivity index (χ0) is 14.1. The number of unbranched alkanes of at least 4 members (excludes halogenated alkanes) is 1. The molecule has 2 bridgehead atoms. The molecule has 0 aromatic rings. The van der Waals surface area contributed by atoms with E-state index in [2.05, 4.69) is 13.8 Å². The first-order valence-electron chi connectivity index (χ1n) is 9.72. The average molecular weight is 277 g/mol. The molecule has 0 unspecified atom stereocenters. The van der Waals surface area contributed by atoms with Crippen molar-refractivity contribution >= 4 is 0 Å². The third-order valence-electron chi connectivity index (χ3n) is 7.81. The third kappa shape index (κ3) is 2.69. The van der Waals surface area contributed by atoms with Gasteiger partial charge in [-0.3, -0.25) is 0 Å². The Labute approximate surface area is 127 Å². The van der Waals surface area contributed by atoms with Gasteiger partial charge in [-0.05, 0) is 80.5 Å². The van der Waals surface area contributed by atoms with Crippen LogP contribution in [0.5, 0.6) is 0 Å². The predicted octanol–water partition coefficient (Wildman–Crippen LogP) is 6.73. The fourth-order valence-electron chi connectivity index (χ4n) is 6.01. The summed E-state index contributed by atoms with van der Waals surface area (Å²) in [5.41, 5.74) is 1.62. The van der Waals surface area contributed by atoms with E-state index in [-0.39, 0.29) is 0 Å². The van der Waals surface area contributed by atoms with Gasteiger partial charge in [0, 0.05) is 0 Å². The van der Waals surface area contributed by atoms with Gasteiger partial charge in [-0.1, -0.05) is 46.0 Å². The molecule has 4 fully saturated rings. The maximum Gasteiger partial charge on any atom is -0.0269 e. The summed E-state index contributed by atoms with van der Waals surface area (Å²) in [5, 5.41) is 0. The third-order valence-corrected chi connectivity index (χ3v) is 7.81. The minimum atomic E-state index is 0.804. The average Bonchev–Trinajstić information content (AvgIpc) is 2.55. The van der Waals surface area contributed by atoms with Crippen LogP contribution in [0, 0.1) is 22.7 Å². The van der Waals surface area contributed by atoms with Crippen molar-refractivity contribution in [2.45, 2.75) is 104 Å². The van der Waals surface area contributed by atoms with Crippen LogP contribution in [0.1, 0.15) is 104 Å². The van der Waals surface area contributed by atoms with E-state index in [0.29, 0.717) is 0 Å². The van der Waals surface area contributed by atoms with Crippen LogP contribution in [-0.2, 0) is 0 Å². The van der Waals surface area contributed by atoms with Gasteiger partial charge in [-0.2, -0.15) is 0 Å². The highest BCUT2D eigenvalue weighted by atomic mass is 14.6. The standard InChI is InChI=1S/C20H36/c1-3-5-10-19-11-14-20(15-12-19,16-13-19)18-8-6-17(4-2)7-9-18/h17-18H,3-16H2,1-2H3. The Morgan fingerprint density at radius 3 is 1.90 bits per heavy atom. The van der Waals surface area contributed by atoms with Gasteiger partial charge < -0.3 is 0 Å². The summed E-state index contributed by atoms with van der Waals surface area (Å²) < 4.78 is 0. The Bertz CT molecular complexity index is 283. The molecule has 4 aliphatic rings. The first kappa shape index (κ1) is 14.9. The normalized spacial score (nSPS) is 44.7. The van der Waals surface area contributed by atoms with E-state index in [0.717, 1.165) is 22.7 Å². The predicted molar refractivity (Wildman–Crippen MR) is 87.8 cm³/mol. The molecule has 0 heteroatoms. The van der Waals surface area contributed by atoms with Crippen molar-refractivity contribution in [2.24, 2.45) is 22.7 Å². The molecule has 0 N–H and O–H groups in total. The summed E-state index contributed by atoms with van der Waals surface area (Å²) in [5.74, 6) is 2.17.